The van der Waals surface area contributed by atoms with Gasteiger partial charge in [-0.25, -0.2) is 0 Å². The third-order valence-electron chi connectivity index (χ3n) is 5.60. The standard InChI is InChI=1S/C26H24N4O4S/c1-3-33-18-10-11-20-23(16-18)35-26-28-25(31)19(24(27)30(20)26)15-17-7-6-12-29(17)13-14-34-22-9-5-4-8-21(22)32-2/h4-12,15-16,27H,3,13-14H2,1-2H3. The van der Waals surface area contributed by atoms with E-state index in [1.807, 2.05) is 72.3 Å². The van der Waals surface area contributed by atoms with Crippen molar-refractivity contribution in [3.8, 4) is 17.2 Å². The molecule has 0 fully saturated rings. The Labute approximate surface area is 207 Å². The Hall–Kier alpha value is -3.98. The molecule has 0 radical (unpaired) electrons. The number of nitrogens with zero attached hydrogens (tertiary/aromatic N) is 3. The van der Waals surface area contributed by atoms with Crippen molar-refractivity contribution in [2.24, 2.45) is 4.99 Å². The van der Waals surface area contributed by atoms with Gasteiger partial charge in [-0.1, -0.05) is 12.1 Å². The minimum Gasteiger partial charge on any atom is -0.494 e. The molecule has 0 aliphatic carbocycles. The summed E-state index contributed by atoms with van der Waals surface area (Å²) < 4.78 is 18.8. The lowest BCUT2D eigenvalue weighted by Gasteiger charge is -2.24. The number of rotatable bonds is 8. The minimum atomic E-state index is -0.426. The number of carbonyl (C=O) groups excluding carboxylic acids is 1. The largest absolute Gasteiger partial charge is 0.494 e. The summed E-state index contributed by atoms with van der Waals surface area (Å²) in [4.78, 5) is 19.7. The highest BCUT2D eigenvalue weighted by Crippen LogP contribution is 2.44. The molecule has 1 amide bonds. The highest BCUT2D eigenvalue weighted by atomic mass is 32.2. The van der Waals surface area contributed by atoms with Crippen LogP contribution in [0, 0.1) is 5.41 Å². The van der Waals surface area contributed by atoms with Crippen LogP contribution in [-0.4, -0.2) is 41.8 Å². The third-order valence-corrected chi connectivity index (χ3v) is 6.60. The molecule has 0 spiro atoms. The Morgan fingerprint density at radius 1 is 1.09 bits per heavy atom. The first-order valence-corrected chi connectivity index (χ1v) is 12.0. The van der Waals surface area contributed by atoms with Crippen molar-refractivity contribution in [3.05, 3.63) is 72.1 Å². The molecule has 178 valence electrons. The molecule has 8 nitrogen and oxygen atoms in total. The maximum atomic E-state index is 12.9. The first-order valence-electron chi connectivity index (χ1n) is 11.2. The maximum Gasteiger partial charge on any atom is 0.283 e. The molecule has 35 heavy (non-hydrogen) atoms. The van der Waals surface area contributed by atoms with E-state index in [1.54, 1.807) is 18.1 Å². The Morgan fingerprint density at radius 3 is 2.71 bits per heavy atom. The van der Waals surface area contributed by atoms with Gasteiger partial charge in [0.05, 0.1) is 31.5 Å². The van der Waals surface area contributed by atoms with Crippen LogP contribution in [0.1, 0.15) is 12.6 Å². The normalized spacial score (nSPS) is 15.7. The topological polar surface area (TPSA) is 89.1 Å². The van der Waals surface area contributed by atoms with Gasteiger partial charge in [-0.3, -0.25) is 15.1 Å². The van der Waals surface area contributed by atoms with Crippen LogP contribution < -0.4 is 19.1 Å². The zero-order valence-corrected chi connectivity index (χ0v) is 20.2. The molecule has 0 saturated carbocycles. The highest BCUT2D eigenvalue weighted by molar-refractivity contribution is 8.15. The molecule has 3 aromatic rings. The second-order valence-electron chi connectivity index (χ2n) is 7.73. The van der Waals surface area contributed by atoms with Crippen molar-refractivity contribution in [3.63, 3.8) is 0 Å². The van der Waals surface area contributed by atoms with Gasteiger partial charge in [-0.15, -0.1) is 0 Å². The number of ether oxygens (including phenoxy) is 3. The molecule has 2 aliphatic rings. The van der Waals surface area contributed by atoms with Gasteiger partial charge in [0.2, 0.25) is 0 Å². The Balaban J connectivity index is 1.35. The second kappa shape index (κ2) is 9.71. The zero-order chi connectivity index (χ0) is 24.4. The SMILES string of the molecule is CCOc1ccc2c(c1)SC1=NC(=O)C(=Cc3cccn3CCOc3ccccc3OC)C(=N)N12. The lowest BCUT2D eigenvalue weighted by atomic mass is 10.1. The second-order valence-corrected chi connectivity index (χ2v) is 8.74. The first-order chi connectivity index (χ1) is 17.1. The molecule has 2 aliphatic heterocycles. The van der Waals surface area contributed by atoms with E-state index in [9.17, 15) is 4.79 Å². The van der Waals surface area contributed by atoms with E-state index in [4.69, 9.17) is 19.6 Å². The Morgan fingerprint density at radius 2 is 1.91 bits per heavy atom. The van der Waals surface area contributed by atoms with Gasteiger partial charge in [-0.2, -0.15) is 4.99 Å². The first kappa shape index (κ1) is 22.8. The molecular formula is C26H24N4O4S. The number of aromatic nitrogens is 1. The van der Waals surface area contributed by atoms with Crippen molar-refractivity contribution in [1.29, 1.82) is 5.41 Å². The van der Waals surface area contributed by atoms with E-state index in [1.165, 1.54) is 11.8 Å². The van der Waals surface area contributed by atoms with Gasteiger partial charge in [-0.05, 0) is 67.2 Å². The summed E-state index contributed by atoms with van der Waals surface area (Å²) in [5.41, 5.74) is 1.85. The lowest BCUT2D eigenvalue weighted by molar-refractivity contribution is -0.113. The maximum absolute atomic E-state index is 12.9. The van der Waals surface area contributed by atoms with Crippen LogP contribution >= 0.6 is 11.8 Å². The number of methoxy groups -OCH3 is 1. The number of carbonyl (C=O) groups is 1. The summed E-state index contributed by atoms with van der Waals surface area (Å²) in [6.45, 7) is 3.47. The van der Waals surface area contributed by atoms with Crippen LogP contribution in [0.3, 0.4) is 0 Å². The highest BCUT2D eigenvalue weighted by Gasteiger charge is 2.37. The summed E-state index contributed by atoms with van der Waals surface area (Å²) >= 11 is 1.37. The van der Waals surface area contributed by atoms with Gasteiger partial charge in [0.25, 0.3) is 5.91 Å². The lowest BCUT2D eigenvalue weighted by Crippen LogP contribution is -2.39. The Kier molecular flexibility index (Phi) is 6.33. The van der Waals surface area contributed by atoms with Gasteiger partial charge < -0.3 is 18.8 Å². The molecule has 5 rings (SSSR count). The van der Waals surface area contributed by atoms with Crippen molar-refractivity contribution in [2.45, 2.75) is 18.4 Å². The van der Waals surface area contributed by atoms with Crippen LogP contribution in [0.5, 0.6) is 17.2 Å². The van der Waals surface area contributed by atoms with Crippen LogP contribution in [0.15, 0.2) is 76.3 Å². The molecule has 1 N–H and O–H groups in total. The predicted octanol–water partition coefficient (Wildman–Crippen LogP) is 4.84. The van der Waals surface area contributed by atoms with E-state index < -0.39 is 5.91 Å². The van der Waals surface area contributed by atoms with Crippen molar-refractivity contribution in [2.75, 3.05) is 25.2 Å². The van der Waals surface area contributed by atoms with Crippen molar-refractivity contribution in [1.82, 2.24) is 4.57 Å². The fourth-order valence-corrected chi connectivity index (χ4v) is 5.00. The number of hydrogen-bond donors (Lipinski definition) is 1. The van der Waals surface area contributed by atoms with E-state index in [2.05, 4.69) is 4.99 Å². The summed E-state index contributed by atoms with van der Waals surface area (Å²) in [7, 11) is 1.61. The Bertz CT molecular complexity index is 1360. The predicted molar refractivity (Wildman–Crippen MR) is 137 cm³/mol. The average molecular weight is 489 g/mol. The van der Waals surface area contributed by atoms with Crippen LogP contribution in [0.4, 0.5) is 5.69 Å². The fourth-order valence-electron chi connectivity index (χ4n) is 3.95. The van der Waals surface area contributed by atoms with Crippen molar-refractivity contribution < 1.29 is 19.0 Å². The van der Waals surface area contributed by atoms with Crippen LogP contribution in [0.25, 0.3) is 6.08 Å². The number of amides is 1. The average Bonchev–Trinajstić information content (AvgIpc) is 3.45. The minimum absolute atomic E-state index is 0.105. The van der Waals surface area contributed by atoms with Crippen LogP contribution in [0.2, 0.25) is 0 Å². The number of benzene rings is 2. The third kappa shape index (κ3) is 4.42. The number of para-hydroxylation sites is 2. The van der Waals surface area contributed by atoms with Gasteiger partial charge >= 0.3 is 0 Å². The number of amidine groups is 2. The molecule has 3 heterocycles. The molecule has 0 unspecified atom stereocenters. The number of thioether (sulfide) groups is 1. The quantitative estimate of drug-likeness (QED) is 0.456. The van der Waals surface area contributed by atoms with Gasteiger partial charge in [0, 0.05) is 16.8 Å². The molecule has 2 aromatic carbocycles. The summed E-state index contributed by atoms with van der Waals surface area (Å²) in [5.74, 6) is 1.78. The number of aliphatic imine (C=N–C) groups is 1. The van der Waals surface area contributed by atoms with Crippen molar-refractivity contribution >= 4 is 40.4 Å². The van der Waals surface area contributed by atoms with E-state index in [0.29, 0.717) is 36.4 Å². The zero-order valence-electron chi connectivity index (χ0n) is 19.4. The van der Waals surface area contributed by atoms with E-state index in [0.717, 1.165) is 22.0 Å². The molecule has 9 heteroatoms. The molecule has 1 aromatic heterocycles. The smallest absolute Gasteiger partial charge is 0.283 e. The number of anilines is 1. The molecular weight excluding hydrogens is 464 g/mol. The van der Waals surface area contributed by atoms with Crippen LogP contribution in [-0.2, 0) is 11.3 Å². The summed E-state index contributed by atoms with van der Waals surface area (Å²) in [6.07, 6.45) is 3.63. The monoisotopic (exact) mass is 488 g/mol. The van der Waals surface area contributed by atoms with E-state index >= 15 is 0 Å². The number of fused-ring (bicyclic) bond motifs is 3. The van der Waals surface area contributed by atoms with E-state index in [-0.39, 0.29) is 11.4 Å². The molecule has 0 saturated heterocycles. The number of nitrogens with one attached hydrogen (secondary N) is 1. The van der Waals surface area contributed by atoms with Gasteiger partial charge in [0.15, 0.2) is 16.7 Å². The summed E-state index contributed by atoms with van der Waals surface area (Å²) in [6, 6.07) is 17.0. The molecule has 0 atom stereocenters. The number of hydrogen-bond acceptors (Lipinski definition) is 6. The molecule has 0 bridgehead atoms. The van der Waals surface area contributed by atoms with Gasteiger partial charge in [0.1, 0.15) is 18.2 Å². The fraction of sp³-hybridized carbons (Fsp3) is 0.192. The summed E-state index contributed by atoms with van der Waals surface area (Å²) in [5, 5.41) is 9.29.